The molecule has 0 radical (unpaired) electrons. The Balaban J connectivity index is 2.08. The minimum Gasteiger partial charge on any atom is -0.371 e. The summed E-state index contributed by atoms with van der Waals surface area (Å²) in [5, 5.41) is 0. The van der Waals surface area contributed by atoms with Gasteiger partial charge in [0.1, 0.15) is 0 Å². The van der Waals surface area contributed by atoms with Gasteiger partial charge in [-0.1, -0.05) is 6.08 Å². The van der Waals surface area contributed by atoms with Crippen molar-refractivity contribution in [3.05, 3.63) is 44.1 Å². The molecule has 2 unspecified atom stereocenters. The van der Waals surface area contributed by atoms with E-state index in [1.54, 1.807) is 6.08 Å². The highest BCUT2D eigenvalue weighted by Crippen LogP contribution is 2.10. The quantitative estimate of drug-likeness (QED) is 0.453. The van der Waals surface area contributed by atoms with Gasteiger partial charge in [-0.2, -0.15) is 0 Å². The molecule has 21 heavy (non-hydrogen) atoms. The van der Waals surface area contributed by atoms with E-state index in [-0.39, 0.29) is 31.8 Å². The van der Waals surface area contributed by atoms with E-state index >= 15 is 0 Å². The van der Waals surface area contributed by atoms with Crippen molar-refractivity contribution in [2.45, 2.75) is 38.3 Å². The number of hydrogen-bond acceptors (Lipinski definition) is 5. The zero-order chi connectivity index (χ0) is 15.0. The van der Waals surface area contributed by atoms with E-state index in [0.29, 0.717) is 19.6 Å². The van der Waals surface area contributed by atoms with Crippen LogP contribution in [0, 0.1) is 0 Å². The maximum absolute atomic E-state index is 12.3. The maximum atomic E-state index is 12.3. The average molecular weight is 295 g/mol. The highest BCUT2D eigenvalue weighted by atomic mass is 16.6. The van der Waals surface area contributed by atoms with E-state index < -0.39 is 17.1 Å². The molecule has 3 rings (SSSR count). The Morgan fingerprint density at radius 2 is 1.38 bits per heavy atom. The molecule has 0 spiro atoms. The van der Waals surface area contributed by atoms with Crippen molar-refractivity contribution in [1.29, 1.82) is 0 Å². The summed E-state index contributed by atoms with van der Waals surface area (Å²) in [6, 6.07) is 0. The van der Waals surface area contributed by atoms with Crippen LogP contribution in [0.15, 0.2) is 27.0 Å². The average Bonchev–Trinajstić information content (AvgIpc) is 3.35. The van der Waals surface area contributed by atoms with Gasteiger partial charge in [-0.15, -0.1) is 6.58 Å². The monoisotopic (exact) mass is 295 g/mol. The Hall–Kier alpha value is -1.93. The van der Waals surface area contributed by atoms with Crippen molar-refractivity contribution < 1.29 is 9.47 Å². The summed E-state index contributed by atoms with van der Waals surface area (Å²) in [5.74, 6) is 0. The van der Waals surface area contributed by atoms with Gasteiger partial charge in [-0.25, -0.2) is 28.1 Å². The molecular weight excluding hydrogens is 278 g/mol. The topological polar surface area (TPSA) is 91.1 Å². The van der Waals surface area contributed by atoms with Gasteiger partial charge in [0.05, 0.1) is 38.5 Å². The van der Waals surface area contributed by atoms with Crippen LogP contribution in [0.1, 0.15) is 6.42 Å². The summed E-state index contributed by atoms with van der Waals surface area (Å²) >= 11 is 0. The molecular formula is C13H17N3O5. The normalized spacial score (nSPS) is 23.0. The molecule has 114 valence electrons. The Morgan fingerprint density at radius 3 is 1.76 bits per heavy atom. The van der Waals surface area contributed by atoms with Crippen LogP contribution in [0.5, 0.6) is 0 Å². The first-order valence-corrected chi connectivity index (χ1v) is 6.90. The van der Waals surface area contributed by atoms with E-state index in [4.69, 9.17) is 9.47 Å². The predicted molar refractivity (Wildman–Crippen MR) is 73.5 cm³/mol. The van der Waals surface area contributed by atoms with Crippen molar-refractivity contribution in [2.24, 2.45) is 0 Å². The molecule has 2 fully saturated rings. The summed E-state index contributed by atoms with van der Waals surface area (Å²) in [6.07, 6.45) is 1.87. The van der Waals surface area contributed by atoms with Gasteiger partial charge in [-0.05, 0) is 6.42 Å². The second kappa shape index (κ2) is 5.45. The lowest BCUT2D eigenvalue weighted by Gasteiger charge is -2.12. The molecule has 0 aromatic carbocycles. The second-order valence-electron chi connectivity index (χ2n) is 5.21. The molecule has 0 N–H and O–H groups in total. The lowest BCUT2D eigenvalue weighted by molar-refractivity contribution is 0.340. The van der Waals surface area contributed by atoms with Crippen LogP contribution >= 0.6 is 0 Å². The van der Waals surface area contributed by atoms with Gasteiger partial charge in [0.25, 0.3) is 0 Å². The minimum absolute atomic E-state index is 0.119. The van der Waals surface area contributed by atoms with Gasteiger partial charge < -0.3 is 9.47 Å². The number of epoxide rings is 2. The Morgan fingerprint density at radius 1 is 0.952 bits per heavy atom. The molecule has 2 aliphatic heterocycles. The molecule has 2 saturated heterocycles. The van der Waals surface area contributed by atoms with Crippen LogP contribution in [-0.2, 0) is 29.1 Å². The highest BCUT2D eigenvalue weighted by molar-refractivity contribution is 4.85. The fourth-order valence-electron chi connectivity index (χ4n) is 2.16. The number of hydrogen-bond donors (Lipinski definition) is 0. The standard InChI is InChI=1S/C13H17N3O5/c1-2-3-4-14-11(17)15(5-9-7-20-9)13(19)16(12(14)18)6-10-8-21-10/h2,9-10H,1,3-8H2. The Bertz CT molecular complexity index is 669. The first-order valence-electron chi connectivity index (χ1n) is 6.90. The van der Waals surface area contributed by atoms with E-state index in [1.807, 2.05) is 0 Å². The summed E-state index contributed by atoms with van der Waals surface area (Å²) in [7, 11) is 0. The number of ether oxygens (including phenoxy) is 2. The molecule has 1 aromatic rings. The van der Waals surface area contributed by atoms with Gasteiger partial charge in [0, 0.05) is 6.54 Å². The third-order valence-corrected chi connectivity index (χ3v) is 3.52. The zero-order valence-electron chi connectivity index (χ0n) is 11.6. The van der Waals surface area contributed by atoms with Gasteiger partial charge >= 0.3 is 17.1 Å². The number of aromatic nitrogens is 3. The van der Waals surface area contributed by atoms with Crippen molar-refractivity contribution in [3.8, 4) is 0 Å². The lowest BCUT2D eigenvalue weighted by atomic mass is 10.4. The van der Waals surface area contributed by atoms with E-state index in [9.17, 15) is 14.4 Å². The van der Waals surface area contributed by atoms with E-state index in [2.05, 4.69) is 6.58 Å². The van der Waals surface area contributed by atoms with Crippen LogP contribution in [0.4, 0.5) is 0 Å². The first-order chi connectivity index (χ1) is 10.1. The van der Waals surface area contributed by atoms with Gasteiger partial charge in [0.2, 0.25) is 0 Å². The first kappa shape index (κ1) is 14.0. The molecule has 8 nitrogen and oxygen atoms in total. The molecule has 0 amide bonds. The minimum atomic E-state index is -0.592. The smallest absolute Gasteiger partial charge is 0.336 e. The van der Waals surface area contributed by atoms with Crippen molar-refractivity contribution in [1.82, 2.24) is 13.7 Å². The van der Waals surface area contributed by atoms with Crippen LogP contribution in [0.2, 0.25) is 0 Å². The summed E-state index contributed by atoms with van der Waals surface area (Å²) < 4.78 is 13.4. The van der Waals surface area contributed by atoms with Crippen molar-refractivity contribution in [2.75, 3.05) is 13.2 Å². The Labute approximate surface area is 119 Å². The summed E-state index contributed by atoms with van der Waals surface area (Å²) in [4.78, 5) is 37.0. The molecule has 2 aliphatic rings. The predicted octanol–water partition coefficient (Wildman–Crippen LogP) is -1.45. The molecule has 3 heterocycles. The van der Waals surface area contributed by atoms with Crippen LogP contribution < -0.4 is 17.1 Å². The molecule has 1 aromatic heterocycles. The Kier molecular flexibility index (Phi) is 3.64. The van der Waals surface area contributed by atoms with Crippen molar-refractivity contribution >= 4 is 0 Å². The van der Waals surface area contributed by atoms with E-state index in [0.717, 1.165) is 13.7 Å². The molecule has 0 aliphatic carbocycles. The summed E-state index contributed by atoms with van der Waals surface area (Å²) in [6.45, 7) is 5.21. The number of nitrogens with zero attached hydrogens (tertiary/aromatic N) is 3. The second-order valence-corrected chi connectivity index (χ2v) is 5.21. The van der Waals surface area contributed by atoms with Gasteiger partial charge in [-0.3, -0.25) is 0 Å². The molecule has 0 bridgehead atoms. The third-order valence-electron chi connectivity index (χ3n) is 3.52. The zero-order valence-corrected chi connectivity index (χ0v) is 11.6. The SMILES string of the molecule is C=CCCn1c(=O)n(CC2CO2)c(=O)n(CC2CO2)c1=O. The fraction of sp³-hybridized carbons (Fsp3) is 0.615. The third kappa shape index (κ3) is 2.91. The van der Waals surface area contributed by atoms with Crippen LogP contribution in [-0.4, -0.2) is 39.1 Å². The van der Waals surface area contributed by atoms with Crippen LogP contribution in [0.25, 0.3) is 0 Å². The highest BCUT2D eigenvalue weighted by Gasteiger charge is 2.29. The van der Waals surface area contributed by atoms with Crippen molar-refractivity contribution in [3.63, 3.8) is 0 Å². The maximum Gasteiger partial charge on any atom is 0.336 e. The van der Waals surface area contributed by atoms with E-state index in [1.165, 1.54) is 0 Å². The number of rotatable bonds is 7. The number of allylic oxidation sites excluding steroid dienone is 1. The largest absolute Gasteiger partial charge is 0.371 e. The molecule has 8 heteroatoms. The fourth-order valence-corrected chi connectivity index (χ4v) is 2.16. The lowest BCUT2D eigenvalue weighted by Crippen LogP contribution is -2.55. The van der Waals surface area contributed by atoms with Crippen LogP contribution in [0.3, 0.4) is 0 Å². The summed E-state index contributed by atoms with van der Waals surface area (Å²) in [5.41, 5.74) is -1.77. The molecule has 2 atom stereocenters. The molecule has 0 saturated carbocycles. The van der Waals surface area contributed by atoms with Gasteiger partial charge in [0.15, 0.2) is 0 Å².